The Labute approximate surface area is 99.8 Å². The van der Waals surface area contributed by atoms with Crippen LogP contribution in [-0.4, -0.2) is 15.7 Å². The van der Waals surface area contributed by atoms with Crippen molar-refractivity contribution < 1.29 is 8.85 Å². The normalized spacial score (nSPS) is 12.2. The SMILES string of the molecule is CO[Si](Oc1ccccc1)(C(C)C)C(C)C. The molecule has 0 saturated heterocycles. The average Bonchev–Trinajstić information content (AvgIpc) is 2.26. The van der Waals surface area contributed by atoms with E-state index in [2.05, 4.69) is 27.7 Å². The summed E-state index contributed by atoms with van der Waals surface area (Å²) in [6, 6.07) is 9.96. The molecule has 0 fully saturated rings. The third-order valence-corrected chi connectivity index (χ3v) is 7.36. The lowest BCUT2D eigenvalue weighted by Gasteiger charge is -2.36. The van der Waals surface area contributed by atoms with Gasteiger partial charge in [0.2, 0.25) is 0 Å². The number of hydrogen-bond acceptors (Lipinski definition) is 2. The van der Waals surface area contributed by atoms with Crippen LogP contribution < -0.4 is 4.43 Å². The second kappa shape index (κ2) is 5.50. The molecule has 0 N–H and O–H groups in total. The van der Waals surface area contributed by atoms with Gasteiger partial charge < -0.3 is 8.85 Å². The van der Waals surface area contributed by atoms with Crippen molar-refractivity contribution in [2.45, 2.75) is 38.8 Å². The van der Waals surface area contributed by atoms with Gasteiger partial charge >= 0.3 is 8.56 Å². The lowest BCUT2D eigenvalue weighted by Crippen LogP contribution is -2.50. The summed E-state index contributed by atoms with van der Waals surface area (Å²) >= 11 is 0. The molecule has 0 spiro atoms. The van der Waals surface area contributed by atoms with E-state index in [0.717, 1.165) is 5.75 Å². The smallest absolute Gasteiger partial charge is 0.403 e. The minimum Gasteiger partial charge on any atom is -0.520 e. The van der Waals surface area contributed by atoms with Crippen molar-refractivity contribution in [3.8, 4) is 5.75 Å². The van der Waals surface area contributed by atoms with Gasteiger partial charge in [-0.05, 0) is 12.1 Å². The highest BCUT2D eigenvalue weighted by atomic mass is 28.4. The van der Waals surface area contributed by atoms with E-state index in [4.69, 9.17) is 8.85 Å². The molecular formula is C13H22O2Si. The van der Waals surface area contributed by atoms with Crippen molar-refractivity contribution in [3.05, 3.63) is 30.3 Å². The van der Waals surface area contributed by atoms with Gasteiger partial charge in [-0.15, -0.1) is 0 Å². The van der Waals surface area contributed by atoms with Gasteiger partial charge in [-0.25, -0.2) is 0 Å². The number of benzene rings is 1. The van der Waals surface area contributed by atoms with Gasteiger partial charge in [0.05, 0.1) is 0 Å². The van der Waals surface area contributed by atoms with Crippen LogP contribution in [0.5, 0.6) is 5.75 Å². The van der Waals surface area contributed by atoms with E-state index in [0.29, 0.717) is 11.1 Å². The van der Waals surface area contributed by atoms with Gasteiger partial charge in [-0.1, -0.05) is 45.9 Å². The molecule has 1 aromatic rings. The van der Waals surface area contributed by atoms with Crippen LogP contribution in [0.2, 0.25) is 11.1 Å². The van der Waals surface area contributed by atoms with Crippen LogP contribution in [0.4, 0.5) is 0 Å². The standard InChI is InChI=1S/C13H22O2Si/c1-11(2)16(14-5,12(3)4)15-13-9-7-6-8-10-13/h6-12H,1-5H3. The first-order chi connectivity index (χ1) is 7.53. The second-order valence-corrected chi connectivity index (χ2v) is 9.01. The van der Waals surface area contributed by atoms with Crippen LogP contribution in [0, 0.1) is 0 Å². The number of rotatable bonds is 5. The molecule has 2 nitrogen and oxygen atoms in total. The summed E-state index contributed by atoms with van der Waals surface area (Å²) < 4.78 is 12.0. The number of hydrogen-bond donors (Lipinski definition) is 0. The largest absolute Gasteiger partial charge is 0.520 e. The fraction of sp³-hybridized carbons (Fsp3) is 0.538. The lowest BCUT2D eigenvalue weighted by atomic mass is 10.3. The van der Waals surface area contributed by atoms with Gasteiger partial charge in [0.25, 0.3) is 0 Å². The molecule has 0 amide bonds. The van der Waals surface area contributed by atoms with Crippen LogP contribution in [0.1, 0.15) is 27.7 Å². The van der Waals surface area contributed by atoms with E-state index < -0.39 is 8.56 Å². The quantitative estimate of drug-likeness (QED) is 0.723. The minimum absolute atomic E-state index is 0.428. The van der Waals surface area contributed by atoms with Crippen molar-refractivity contribution in [1.82, 2.24) is 0 Å². The maximum absolute atomic E-state index is 6.19. The summed E-state index contributed by atoms with van der Waals surface area (Å²) in [7, 11) is -0.392. The third-order valence-electron chi connectivity index (χ3n) is 2.95. The summed E-state index contributed by atoms with van der Waals surface area (Å²) in [6.45, 7) is 8.72. The van der Waals surface area contributed by atoms with E-state index in [1.165, 1.54) is 0 Å². The molecule has 0 aliphatic heterocycles. The summed E-state index contributed by atoms with van der Waals surface area (Å²) in [5.41, 5.74) is 0.857. The lowest BCUT2D eigenvalue weighted by molar-refractivity contribution is 0.275. The average molecular weight is 238 g/mol. The first-order valence-corrected chi connectivity index (χ1v) is 7.79. The Bertz CT molecular complexity index is 301. The molecule has 0 radical (unpaired) electrons. The molecular weight excluding hydrogens is 216 g/mol. The third kappa shape index (κ3) is 2.65. The summed E-state index contributed by atoms with van der Waals surface area (Å²) in [5.74, 6) is 0.915. The first-order valence-electron chi connectivity index (χ1n) is 5.82. The van der Waals surface area contributed by atoms with Crippen molar-refractivity contribution in [1.29, 1.82) is 0 Å². The maximum atomic E-state index is 6.19. The van der Waals surface area contributed by atoms with E-state index in [9.17, 15) is 0 Å². The summed E-state index contributed by atoms with van der Waals surface area (Å²) in [4.78, 5) is 0. The van der Waals surface area contributed by atoms with Gasteiger partial charge in [0.15, 0.2) is 0 Å². The van der Waals surface area contributed by atoms with Gasteiger partial charge in [0, 0.05) is 18.2 Å². The van der Waals surface area contributed by atoms with Crippen molar-refractivity contribution >= 4 is 8.56 Å². The molecule has 0 aliphatic rings. The molecule has 0 unspecified atom stereocenters. The minimum atomic E-state index is -2.17. The molecule has 90 valence electrons. The number of para-hydroxylation sites is 1. The van der Waals surface area contributed by atoms with Crippen LogP contribution in [0.3, 0.4) is 0 Å². The Morgan fingerprint density at radius 3 is 1.81 bits per heavy atom. The topological polar surface area (TPSA) is 18.5 Å². The molecule has 0 bridgehead atoms. The van der Waals surface area contributed by atoms with E-state index in [-0.39, 0.29) is 0 Å². The summed E-state index contributed by atoms with van der Waals surface area (Å²) in [5, 5.41) is 0. The van der Waals surface area contributed by atoms with Crippen LogP contribution in [0.15, 0.2) is 30.3 Å². The molecule has 1 aromatic carbocycles. The maximum Gasteiger partial charge on any atom is 0.403 e. The van der Waals surface area contributed by atoms with E-state index in [1.807, 2.05) is 30.3 Å². The Kier molecular flexibility index (Phi) is 4.56. The molecule has 0 aromatic heterocycles. The van der Waals surface area contributed by atoms with Crippen LogP contribution >= 0.6 is 0 Å². The van der Waals surface area contributed by atoms with Crippen molar-refractivity contribution in [2.24, 2.45) is 0 Å². The Morgan fingerprint density at radius 2 is 1.44 bits per heavy atom. The Balaban J connectivity index is 2.95. The van der Waals surface area contributed by atoms with Crippen LogP contribution in [-0.2, 0) is 4.43 Å². The first kappa shape index (κ1) is 13.3. The molecule has 3 heteroatoms. The monoisotopic (exact) mass is 238 g/mol. The summed E-state index contributed by atoms with van der Waals surface area (Å²) in [6.07, 6.45) is 0. The van der Waals surface area contributed by atoms with E-state index >= 15 is 0 Å². The van der Waals surface area contributed by atoms with Gasteiger partial charge in [-0.2, -0.15) is 0 Å². The predicted octanol–water partition coefficient (Wildman–Crippen LogP) is 3.97. The molecule has 0 atom stereocenters. The van der Waals surface area contributed by atoms with Gasteiger partial charge in [0.1, 0.15) is 5.75 Å². The van der Waals surface area contributed by atoms with Crippen molar-refractivity contribution in [3.63, 3.8) is 0 Å². The van der Waals surface area contributed by atoms with Crippen LogP contribution in [0.25, 0.3) is 0 Å². The zero-order valence-electron chi connectivity index (χ0n) is 10.9. The Hall–Kier alpha value is -0.803. The van der Waals surface area contributed by atoms with E-state index in [1.54, 1.807) is 7.11 Å². The zero-order chi connectivity index (χ0) is 12.2. The molecule has 16 heavy (non-hydrogen) atoms. The zero-order valence-corrected chi connectivity index (χ0v) is 11.9. The molecule has 0 aliphatic carbocycles. The highest BCUT2D eigenvalue weighted by Crippen LogP contribution is 2.34. The molecule has 0 heterocycles. The molecule has 1 rings (SSSR count). The Morgan fingerprint density at radius 1 is 0.938 bits per heavy atom. The highest BCUT2D eigenvalue weighted by Gasteiger charge is 2.46. The molecule has 0 saturated carbocycles. The fourth-order valence-corrected chi connectivity index (χ4v) is 5.42. The van der Waals surface area contributed by atoms with Gasteiger partial charge in [-0.3, -0.25) is 0 Å². The predicted molar refractivity (Wildman–Crippen MR) is 70.0 cm³/mol. The van der Waals surface area contributed by atoms with Crippen molar-refractivity contribution in [2.75, 3.05) is 7.11 Å². The fourth-order valence-electron chi connectivity index (χ4n) is 2.09. The highest BCUT2D eigenvalue weighted by molar-refractivity contribution is 6.70. The second-order valence-electron chi connectivity index (χ2n) is 4.65.